The lowest BCUT2D eigenvalue weighted by Crippen LogP contribution is -2.47. The van der Waals surface area contributed by atoms with Crippen molar-refractivity contribution in [1.82, 2.24) is 9.80 Å². The van der Waals surface area contributed by atoms with Crippen molar-refractivity contribution < 1.29 is 4.79 Å². The molecule has 0 bridgehead atoms. The molecule has 2 atom stereocenters. The fourth-order valence-corrected chi connectivity index (χ4v) is 4.20. The molecule has 1 aromatic rings. The average molecular weight is 354 g/mol. The molecule has 140 valence electrons. The fourth-order valence-electron chi connectivity index (χ4n) is 4.20. The Hall–Kier alpha value is -1.83. The van der Waals surface area contributed by atoms with Crippen molar-refractivity contribution >= 4 is 11.6 Å². The minimum absolute atomic E-state index is 0.0672. The molecule has 2 aliphatic heterocycles. The third-order valence-corrected chi connectivity index (χ3v) is 5.58. The summed E-state index contributed by atoms with van der Waals surface area (Å²) in [4.78, 5) is 17.3. The Bertz CT molecular complexity index is 634. The van der Waals surface area contributed by atoms with E-state index in [9.17, 15) is 4.79 Å². The maximum Gasteiger partial charge on any atom is 0.241 e. The van der Waals surface area contributed by atoms with Crippen molar-refractivity contribution in [2.45, 2.75) is 51.6 Å². The van der Waals surface area contributed by atoms with Crippen molar-refractivity contribution in [3.8, 4) is 12.3 Å². The monoisotopic (exact) mass is 353 g/mol. The van der Waals surface area contributed by atoms with E-state index in [4.69, 9.17) is 6.42 Å². The topological polar surface area (TPSA) is 35.6 Å². The quantitative estimate of drug-likeness (QED) is 0.825. The summed E-state index contributed by atoms with van der Waals surface area (Å²) < 4.78 is 0. The van der Waals surface area contributed by atoms with Crippen LogP contribution in [0.25, 0.3) is 0 Å². The van der Waals surface area contributed by atoms with E-state index in [-0.39, 0.29) is 11.9 Å². The van der Waals surface area contributed by atoms with Crippen LogP contribution in [0.1, 0.15) is 44.6 Å². The Labute approximate surface area is 157 Å². The highest BCUT2D eigenvalue weighted by Crippen LogP contribution is 2.21. The van der Waals surface area contributed by atoms with Gasteiger partial charge in [0, 0.05) is 18.8 Å². The molecule has 0 radical (unpaired) electrons. The highest BCUT2D eigenvalue weighted by Gasteiger charge is 2.28. The lowest BCUT2D eigenvalue weighted by atomic mass is 10.00. The molecule has 4 heteroatoms. The molecular weight excluding hydrogens is 322 g/mol. The van der Waals surface area contributed by atoms with Crippen molar-refractivity contribution in [3.05, 3.63) is 29.8 Å². The number of nitrogens with zero attached hydrogens (tertiary/aromatic N) is 2. The molecule has 2 saturated heterocycles. The van der Waals surface area contributed by atoms with Crippen molar-refractivity contribution in [2.75, 3.05) is 31.5 Å². The Kier molecular flexibility index (Phi) is 6.71. The first-order valence-electron chi connectivity index (χ1n) is 9.95. The highest BCUT2D eigenvalue weighted by atomic mass is 16.2. The zero-order chi connectivity index (χ0) is 18.4. The minimum Gasteiger partial charge on any atom is -0.325 e. The third-order valence-electron chi connectivity index (χ3n) is 5.58. The van der Waals surface area contributed by atoms with Crippen LogP contribution in [0.3, 0.4) is 0 Å². The van der Waals surface area contributed by atoms with Crippen LogP contribution in [0.2, 0.25) is 0 Å². The third kappa shape index (κ3) is 5.09. The van der Waals surface area contributed by atoms with Gasteiger partial charge < -0.3 is 5.32 Å². The predicted molar refractivity (Wildman–Crippen MR) is 107 cm³/mol. The van der Waals surface area contributed by atoms with Gasteiger partial charge in [-0.25, -0.2) is 0 Å². The molecule has 2 heterocycles. The van der Waals surface area contributed by atoms with Gasteiger partial charge in [0.25, 0.3) is 0 Å². The summed E-state index contributed by atoms with van der Waals surface area (Å²) >= 11 is 0. The number of hydrogen-bond acceptors (Lipinski definition) is 3. The van der Waals surface area contributed by atoms with Crippen LogP contribution < -0.4 is 5.32 Å². The summed E-state index contributed by atoms with van der Waals surface area (Å²) in [5.74, 6) is 3.54. The highest BCUT2D eigenvalue weighted by molar-refractivity contribution is 5.94. The maximum absolute atomic E-state index is 12.7. The van der Waals surface area contributed by atoms with Crippen molar-refractivity contribution in [3.63, 3.8) is 0 Å². The molecule has 0 aromatic heterocycles. The van der Waals surface area contributed by atoms with E-state index in [2.05, 4.69) is 40.1 Å². The van der Waals surface area contributed by atoms with Crippen LogP contribution >= 0.6 is 0 Å². The number of carbonyl (C=O) groups excluding carboxylic acids is 1. The number of piperidine rings is 2. The molecule has 3 rings (SSSR count). The number of likely N-dealkylation sites (tertiary alicyclic amines) is 2. The largest absolute Gasteiger partial charge is 0.325 e. The Morgan fingerprint density at radius 1 is 1.19 bits per heavy atom. The van der Waals surface area contributed by atoms with Crippen LogP contribution in [0.15, 0.2) is 24.3 Å². The van der Waals surface area contributed by atoms with E-state index in [0.717, 1.165) is 44.0 Å². The Morgan fingerprint density at radius 2 is 2.00 bits per heavy atom. The number of rotatable bonds is 5. The minimum atomic E-state index is -0.102. The van der Waals surface area contributed by atoms with Gasteiger partial charge in [0.15, 0.2) is 0 Å². The SMILES string of the molecule is C#CCN1CCCCC1C(=O)Nc1ccc(CN2CCCC(C)C2)cc1. The van der Waals surface area contributed by atoms with Crippen LogP contribution in [0.4, 0.5) is 5.69 Å². The fraction of sp³-hybridized carbons (Fsp3) is 0.591. The van der Waals surface area contributed by atoms with Gasteiger partial charge in [-0.05, 0) is 62.4 Å². The first-order valence-corrected chi connectivity index (χ1v) is 9.95. The number of anilines is 1. The van der Waals surface area contributed by atoms with Gasteiger partial charge in [-0.3, -0.25) is 14.6 Å². The van der Waals surface area contributed by atoms with Gasteiger partial charge in [-0.15, -0.1) is 6.42 Å². The van der Waals surface area contributed by atoms with E-state index >= 15 is 0 Å². The number of terminal acetylenes is 1. The molecule has 1 aromatic carbocycles. The summed E-state index contributed by atoms with van der Waals surface area (Å²) in [6.45, 7) is 7.16. The number of benzene rings is 1. The maximum atomic E-state index is 12.7. The van der Waals surface area contributed by atoms with Crippen molar-refractivity contribution in [1.29, 1.82) is 0 Å². The van der Waals surface area contributed by atoms with Gasteiger partial charge in [0.2, 0.25) is 5.91 Å². The van der Waals surface area contributed by atoms with Gasteiger partial charge in [0.05, 0.1) is 12.6 Å². The molecule has 1 amide bonds. The summed E-state index contributed by atoms with van der Waals surface area (Å²) in [6.07, 6.45) is 11.2. The van der Waals surface area contributed by atoms with Gasteiger partial charge in [-0.2, -0.15) is 0 Å². The molecule has 26 heavy (non-hydrogen) atoms. The summed E-state index contributed by atoms with van der Waals surface area (Å²) in [5, 5.41) is 3.08. The Morgan fingerprint density at radius 3 is 2.73 bits per heavy atom. The normalized spacial score (nSPS) is 24.8. The number of hydrogen-bond donors (Lipinski definition) is 1. The lowest BCUT2D eigenvalue weighted by Gasteiger charge is -2.33. The van der Waals surface area contributed by atoms with E-state index in [0.29, 0.717) is 6.54 Å². The van der Waals surface area contributed by atoms with Crippen molar-refractivity contribution in [2.24, 2.45) is 5.92 Å². The molecule has 2 aliphatic rings. The molecule has 2 unspecified atom stereocenters. The summed E-state index contributed by atoms with van der Waals surface area (Å²) in [5.41, 5.74) is 2.18. The summed E-state index contributed by atoms with van der Waals surface area (Å²) in [7, 11) is 0. The standard InChI is InChI=1S/C22H31N3O/c1-3-13-25-15-5-4-8-21(25)22(26)23-20-11-9-19(10-12-20)17-24-14-6-7-18(2)16-24/h1,9-12,18,21H,4-8,13-17H2,2H3,(H,23,26). The second kappa shape index (κ2) is 9.21. The summed E-state index contributed by atoms with van der Waals surface area (Å²) in [6, 6.07) is 8.21. The Balaban J connectivity index is 1.55. The number of carbonyl (C=O) groups is 1. The molecule has 0 spiro atoms. The molecule has 0 aliphatic carbocycles. The van der Waals surface area contributed by atoms with Gasteiger partial charge in [-0.1, -0.05) is 31.4 Å². The average Bonchev–Trinajstić information content (AvgIpc) is 2.64. The van der Waals surface area contributed by atoms with Crippen LogP contribution in [-0.2, 0) is 11.3 Å². The zero-order valence-corrected chi connectivity index (χ0v) is 15.9. The first-order chi connectivity index (χ1) is 12.7. The zero-order valence-electron chi connectivity index (χ0n) is 15.9. The number of nitrogens with one attached hydrogen (secondary N) is 1. The van der Waals surface area contributed by atoms with Gasteiger partial charge in [0.1, 0.15) is 0 Å². The predicted octanol–water partition coefficient (Wildman–Crippen LogP) is 3.34. The van der Waals surface area contributed by atoms with E-state index in [1.54, 1.807) is 0 Å². The van der Waals surface area contributed by atoms with E-state index in [1.807, 2.05) is 12.1 Å². The second-order valence-electron chi connectivity index (χ2n) is 7.85. The lowest BCUT2D eigenvalue weighted by molar-refractivity contribution is -0.122. The molecule has 0 saturated carbocycles. The first kappa shape index (κ1) is 18.9. The van der Waals surface area contributed by atoms with E-state index in [1.165, 1.54) is 31.5 Å². The second-order valence-corrected chi connectivity index (χ2v) is 7.85. The van der Waals surface area contributed by atoms with E-state index < -0.39 is 0 Å². The van der Waals surface area contributed by atoms with Crippen LogP contribution in [0.5, 0.6) is 0 Å². The van der Waals surface area contributed by atoms with Crippen LogP contribution in [0, 0.1) is 18.3 Å². The molecule has 4 nitrogen and oxygen atoms in total. The molecular formula is C22H31N3O. The van der Waals surface area contributed by atoms with Crippen LogP contribution in [-0.4, -0.2) is 47.9 Å². The smallest absolute Gasteiger partial charge is 0.241 e. The van der Waals surface area contributed by atoms with Gasteiger partial charge >= 0.3 is 0 Å². The molecule has 2 fully saturated rings. The molecule has 1 N–H and O–H groups in total. The number of amides is 1.